The molecule has 1 N–H and O–H groups in total. The highest BCUT2D eigenvalue weighted by atomic mass is 35.5. The molecule has 0 spiro atoms. The van der Waals surface area contributed by atoms with Crippen LogP contribution in [0.2, 0.25) is 15.1 Å². The minimum atomic E-state index is -0.0930. The highest BCUT2D eigenvalue weighted by molar-refractivity contribution is 6.34. The summed E-state index contributed by atoms with van der Waals surface area (Å²) in [5.41, 5.74) is 1.68. The molecule has 2 aromatic rings. The normalized spacial score (nSPS) is 19.8. The lowest BCUT2D eigenvalue weighted by molar-refractivity contribution is 0.0946. The molecule has 2 fully saturated rings. The third-order valence-electron chi connectivity index (χ3n) is 7.20. The zero-order valence-electron chi connectivity index (χ0n) is 20.9. The van der Waals surface area contributed by atoms with Gasteiger partial charge < -0.3 is 15.0 Å². The molecule has 2 heterocycles. The first kappa shape index (κ1) is 27.5. The molecule has 2 aliphatic rings. The van der Waals surface area contributed by atoms with Gasteiger partial charge >= 0.3 is 0 Å². The van der Waals surface area contributed by atoms with Crippen LogP contribution in [0.15, 0.2) is 36.4 Å². The topological polar surface area (TPSA) is 44.8 Å². The van der Waals surface area contributed by atoms with E-state index in [0.717, 1.165) is 51.0 Å². The molecular weight excluding hydrogens is 517 g/mol. The Labute approximate surface area is 230 Å². The Morgan fingerprint density at radius 3 is 2.44 bits per heavy atom. The monoisotopic (exact) mass is 551 g/mol. The highest BCUT2D eigenvalue weighted by Gasteiger charge is 2.22. The third-order valence-corrected chi connectivity index (χ3v) is 7.93. The average molecular weight is 553 g/mol. The van der Waals surface area contributed by atoms with Crippen molar-refractivity contribution in [1.29, 1.82) is 0 Å². The van der Waals surface area contributed by atoms with Gasteiger partial charge in [0.2, 0.25) is 0 Å². The molecule has 0 radical (unpaired) electrons. The molecule has 0 saturated carbocycles. The zero-order valence-corrected chi connectivity index (χ0v) is 23.2. The van der Waals surface area contributed by atoms with Crippen molar-refractivity contribution < 1.29 is 9.53 Å². The molecule has 4 rings (SSSR count). The molecule has 2 aliphatic heterocycles. The molecule has 0 aliphatic carbocycles. The van der Waals surface area contributed by atoms with Crippen molar-refractivity contribution in [2.24, 2.45) is 0 Å². The fourth-order valence-electron chi connectivity index (χ4n) is 5.14. The zero-order chi connectivity index (χ0) is 25.5. The van der Waals surface area contributed by atoms with E-state index in [-0.39, 0.29) is 12.0 Å². The minimum Gasteiger partial charge on any atom is -0.489 e. The van der Waals surface area contributed by atoms with Gasteiger partial charge in [-0.15, -0.1) is 0 Å². The first-order valence-electron chi connectivity index (χ1n) is 13.0. The summed E-state index contributed by atoms with van der Waals surface area (Å²) in [6, 6.07) is 11.6. The number of halogens is 3. The van der Waals surface area contributed by atoms with Crippen LogP contribution < -0.4 is 10.1 Å². The van der Waals surface area contributed by atoms with Crippen LogP contribution in [0.3, 0.4) is 0 Å². The van der Waals surface area contributed by atoms with E-state index in [9.17, 15) is 4.79 Å². The molecule has 0 bridgehead atoms. The Bertz CT molecular complexity index is 1010. The van der Waals surface area contributed by atoms with Crippen LogP contribution in [0.1, 0.15) is 61.4 Å². The van der Waals surface area contributed by atoms with Gasteiger partial charge in [-0.05, 0) is 87.5 Å². The van der Waals surface area contributed by atoms with E-state index in [2.05, 4.69) is 22.0 Å². The summed E-state index contributed by atoms with van der Waals surface area (Å²) in [5, 5.41) is 4.82. The molecular formula is C28H36Cl3N3O2. The second-order valence-corrected chi connectivity index (χ2v) is 11.3. The lowest BCUT2D eigenvalue weighted by Crippen LogP contribution is -2.39. The van der Waals surface area contributed by atoms with Gasteiger partial charge in [0.25, 0.3) is 5.91 Å². The standard InChI is InChI=1S/C28H36Cl3N3O2/c1-20-5-2-3-11-34(20)12-4-10-32-28(35)22-6-7-27(26(31)17-22)36-25-8-13-33(14-9-25)19-21-15-23(29)18-24(30)16-21/h6-7,15-18,20,25H,2-5,8-14,19H2,1H3,(H,32,35). The molecule has 2 saturated heterocycles. The van der Waals surface area contributed by atoms with E-state index in [0.29, 0.717) is 39.0 Å². The van der Waals surface area contributed by atoms with Gasteiger partial charge in [0, 0.05) is 54.4 Å². The number of nitrogens with one attached hydrogen (secondary N) is 1. The third kappa shape index (κ3) is 8.00. The summed E-state index contributed by atoms with van der Waals surface area (Å²) in [5.74, 6) is 0.539. The van der Waals surface area contributed by atoms with Crippen LogP contribution in [0, 0.1) is 0 Å². The highest BCUT2D eigenvalue weighted by Crippen LogP contribution is 2.29. The lowest BCUT2D eigenvalue weighted by Gasteiger charge is -2.33. The van der Waals surface area contributed by atoms with E-state index >= 15 is 0 Å². The largest absolute Gasteiger partial charge is 0.489 e. The predicted molar refractivity (Wildman–Crippen MR) is 149 cm³/mol. The smallest absolute Gasteiger partial charge is 0.251 e. The quantitative estimate of drug-likeness (QED) is 0.352. The fourth-order valence-corrected chi connectivity index (χ4v) is 5.94. The number of piperidine rings is 2. The predicted octanol–water partition coefficient (Wildman–Crippen LogP) is 6.68. The number of ether oxygens (including phenoxy) is 1. The average Bonchev–Trinajstić information content (AvgIpc) is 2.84. The van der Waals surface area contributed by atoms with Crippen LogP contribution in [-0.2, 0) is 6.54 Å². The van der Waals surface area contributed by atoms with Crippen molar-refractivity contribution in [2.45, 2.75) is 64.1 Å². The minimum absolute atomic E-state index is 0.0930. The molecule has 36 heavy (non-hydrogen) atoms. The van der Waals surface area contributed by atoms with E-state index in [1.165, 1.54) is 25.8 Å². The summed E-state index contributed by atoms with van der Waals surface area (Å²) in [7, 11) is 0. The molecule has 1 amide bonds. The molecule has 0 aromatic heterocycles. The number of hydrogen-bond donors (Lipinski definition) is 1. The number of likely N-dealkylation sites (tertiary alicyclic amines) is 2. The summed E-state index contributed by atoms with van der Waals surface area (Å²) in [4.78, 5) is 17.5. The second-order valence-electron chi connectivity index (χ2n) is 10.0. The Hall–Kier alpha value is -1.50. The van der Waals surface area contributed by atoms with E-state index < -0.39 is 0 Å². The van der Waals surface area contributed by atoms with E-state index in [1.54, 1.807) is 18.2 Å². The van der Waals surface area contributed by atoms with Crippen LogP contribution in [0.4, 0.5) is 0 Å². The van der Waals surface area contributed by atoms with Crippen LogP contribution in [0.5, 0.6) is 5.75 Å². The molecule has 196 valence electrons. The van der Waals surface area contributed by atoms with Gasteiger partial charge in [-0.3, -0.25) is 9.69 Å². The fraction of sp³-hybridized carbons (Fsp3) is 0.536. The molecule has 8 heteroatoms. The van der Waals surface area contributed by atoms with Crippen molar-refractivity contribution in [1.82, 2.24) is 15.1 Å². The summed E-state index contributed by atoms with van der Waals surface area (Å²) in [6.45, 7) is 7.81. The van der Waals surface area contributed by atoms with Crippen LogP contribution in [0.25, 0.3) is 0 Å². The van der Waals surface area contributed by atoms with E-state index in [1.807, 2.05) is 18.2 Å². The van der Waals surface area contributed by atoms with Gasteiger partial charge in [-0.2, -0.15) is 0 Å². The lowest BCUT2D eigenvalue weighted by atomic mass is 10.0. The maximum absolute atomic E-state index is 12.6. The molecule has 1 atom stereocenters. The number of hydrogen-bond acceptors (Lipinski definition) is 4. The Balaban J connectivity index is 1.20. The van der Waals surface area contributed by atoms with Crippen molar-refractivity contribution in [3.63, 3.8) is 0 Å². The van der Waals surface area contributed by atoms with Gasteiger partial charge in [0.15, 0.2) is 0 Å². The Morgan fingerprint density at radius 1 is 1.00 bits per heavy atom. The molecule has 5 nitrogen and oxygen atoms in total. The Morgan fingerprint density at radius 2 is 1.75 bits per heavy atom. The van der Waals surface area contributed by atoms with Crippen molar-refractivity contribution >= 4 is 40.7 Å². The van der Waals surface area contributed by atoms with Gasteiger partial charge in [0.05, 0.1) is 5.02 Å². The second kappa shape index (κ2) is 13.3. The Kier molecular flexibility index (Phi) is 10.2. The number of rotatable bonds is 9. The van der Waals surface area contributed by atoms with Crippen LogP contribution >= 0.6 is 34.8 Å². The van der Waals surface area contributed by atoms with Crippen molar-refractivity contribution in [2.75, 3.05) is 32.7 Å². The van der Waals surface area contributed by atoms with Gasteiger partial charge in [-0.1, -0.05) is 41.2 Å². The van der Waals surface area contributed by atoms with E-state index in [4.69, 9.17) is 39.5 Å². The number of carbonyl (C=O) groups excluding carboxylic acids is 1. The van der Waals surface area contributed by atoms with Crippen molar-refractivity contribution in [3.05, 3.63) is 62.6 Å². The van der Waals surface area contributed by atoms with Crippen LogP contribution in [-0.4, -0.2) is 60.6 Å². The number of nitrogens with zero attached hydrogens (tertiary/aromatic N) is 2. The maximum Gasteiger partial charge on any atom is 0.251 e. The van der Waals surface area contributed by atoms with Gasteiger partial charge in [0.1, 0.15) is 11.9 Å². The summed E-state index contributed by atoms with van der Waals surface area (Å²) >= 11 is 18.8. The number of carbonyl (C=O) groups is 1. The maximum atomic E-state index is 12.6. The SMILES string of the molecule is CC1CCCCN1CCCNC(=O)c1ccc(OC2CCN(Cc3cc(Cl)cc(Cl)c3)CC2)c(Cl)c1. The number of benzene rings is 2. The molecule has 2 aromatic carbocycles. The first-order valence-corrected chi connectivity index (χ1v) is 14.2. The number of amides is 1. The molecule has 1 unspecified atom stereocenters. The van der Waals surface area contributed by atoms with Crippen molar-refractivity contribution in [3.8, 4) is 5.75 Å². The first-order chi connectivity index (χ1) is 17.4. The summed E-state index contributed by atoms with van der Waals surface area (Å²) in [6.07, 6.45) is 6.74. The summed E-state index contributed by atoms with van der Waals surface area (Å²) < 4.78 is 6.20. The van der Waals surface area contributed by atoms with Gasteiger partial charge in [-0.25, -0.2) is 0 Å².